The molecule has 1 aliphatic rings. The number of benzene rings is 1. The van der Waals surface area contributed by atoms with Crippen molar-refractivity contribution in [3.05, 3.63) is 28.2 Å². The highest BCUT2D eigenvalue weighted by molar-refractivity contribution is 9.10. The molecule has 1 aromatic carbocycles. The van der Waals surface area contributed by atoms with Gasteiger partial charge in [0.1, 0.15) is 11.5 Å². The number of carbonyl (C=O) groups is 1. The molecule has 0 aliphatic heterocycles. The molecule has 2 rings (SSSR count). The molecule has 1 aromatic rings. The van der Waals surface area contributed by atoms with Crippen LogP contribution in [0.5, 0.6) is 5.75 Å². The average molecular weight is 312 g/mol. The Morgan fingerprint density at radius 3 is 2.78 bits per heavy atom. The number of carbonyl (C=O) groups excluding carboxylic acids is 1. The Balaban J connectivity index is 2.02. The number of rotatable bonds is 5. The summed E-state index contributed by atoms with van der Waals surface area (Å²) in [5.74, 6) is 0.971. The largest absolute Gasteiger partial charge is 0.497 e. The summed E-state index contributed by atoms with van der Waals surface area (Å²) in [5.41, 5.74) is 6.82. The standard InChI is InChI=1S/C14H18BrNO2/c1-18-12-3-4-13(15)10(8-12)7-11(17)9-14(16)5-2-6-14/h3-4,8H,2,5-7,9,16H2,1H3. The van der Waals surface area contributed by atoms with Crippen LogP contribution >= 0.6 is 15.9 Å². The lowest BCUT2D eigenvalue weighted by atomic mass is 9.74. The normalized spacial score (nSPS) is 17.1. The second-order valence-corrected chi connectivity index (χ2v) is 5.92. The molecule has 0 unspecified atom stereocenters. The van der Waals surface area contributed by atoms with Gasteiger partial charge in [-0.2, -0.15) is 0 Å². The first-order valence-electron chi connectivity index (χ1n) is 6.15. The summed E-state index contributed by atoms with van der Waals surface area (Å²) < 4.78 is 6.11. The molecule has 4 heteroatoms. The fraction of sp³-hybridized carbons (Fsp3) is 0.500. The molecule has 2 N–H and O–H groups in total. The van der Waals surface area contributed by atoms with Crippen molar-refractivity contribution >= 4 is 21.7 Å². The highest BCUT2D eigenvalue weighted by Crippen LogP contribution is 2.33. The van der Waals surface area contributed by atoms with Gasteiger partial charge in [0.25, 0.3) is 0 Å². The molecular weight excluding hydrogens is 294 g/mol. The lowest BCUT2D eigenvalue weighted by Gasteiger charge is -2.37. The summed E-state index contributed by atoms with van der Waals surface area (Å²) >= 11 is 3.46. The molecule has 0 spiro atoms. The minimum atomic E-state index is -0.234. The van der Waals surface area contributed by atoms with E-state index in [0.717, 1.165) is 35.0 Å². The maximum Gasteiger partial charge on any atom is 0.139 e. The first-order chi connectivity index (χ1) is 8.52. The van der Waals surface area contributed by atoms with E-state index in [-0.39, 0.29) is 11.3 Å². The zero-order valence-electron chi connectivity index (χ0n) is 10.5. The van der Waals surface area contributed by atoms with Crippen LogP contribution in [-0.2, 0) is 11.2 Å². The van der Waals surface area contributed by atoms with Crippen molar-refractivity contribution in [2.45, 2.75) is 37.6 Å². The van der Waals surface area contributed by atoms with Gasteiger partial charge in [-0.3, -0.25) is 4.79 Å². The predicted octanol–water partition coefficient (Wildman–Crippen LogP) is 2.84. The van der Waals surface area contributed by atoms with Crippen molar-refractivity contribution in [1.82, 2.24) is 0 Å². The first kappa shape index (κ1) is 13.6. The number of ketones is 1. The Bertz CT molecular complexity index is 455. The van der Waals surface area contributed by atoms with Crippen molar-refractivity contribution < 1.29 is 9.53 Å². The van der Waals surface area contributed by atoms with E-state index in [1.54, 1.807) is 7.11 Å². The second kappa shape index (κ2) is 5.41. The van der Waals surface area contributed by atoms with Crippen LogP contribution in [0.25, 0.3) is 0 Å². The van der Waals surface area contributed by atoms with Gasteiger partial charge in [0.2, 0.25) is 0 Å². The molecular formula is C14H18BrNO2. The average Bonchev–Trinajstić information content (AvgIpc) is 2.30. The highest BCUT2D eigenvalue weighted by atomic mass is 79.9. The summed E-state index contributed by atoms with van der Waals surface area (Å²) in [6.45, 7) is 0. The van der Waals surface area contributed by atoms with Crippen molar-refractivity contribution in [3.8, 4) is 5.75 Å². The molecule has 98 valence electrons. The van der Waals surface area contributed by atoms with E-state index >= 15 is 0 Å². The number of hydrogen-bond acceptors (Lipinski definition) is 3. The van der Waals surface area contributed by atoms with E-state index < -0.39 is 0 Å². The van der Waals surface area contributed by atoms with Crippen LogP contribution in [0, 0.1) is 0 Å². The summed E-state index contributed by atoms with van der Waals surface area (Å²) in [7, 11) is 1.62. The third-order valence-electron chi connectivity index (χ3n) is 3.54. The molecule has 1 fully saturated rings. The Labute approximate surface area is 116 Å². The van der Waals surface area contributed by atoms with Crippen molar-refractivity contribution in [3.63, 3.8) is 0 Å². The number of ether oxygens (including phenoxy) is 1. The van der Waals surface area contributed by atoms with Crippen molar-refractivity contribution in [1.29, 1.82) is 0 Å². The molecule has 0 radical (unpaired) electrons. The van der Waals surface area contributed by atoms with Gasteiger partial charge in [-0.1, -0.05) is 15.9 Å². The minimum Gasteiger partial charge on any atom is -0.497 e. The summed E-state index contributed by atoms with van der Waals surface area (Å²) in [6, 6.07) is 5.67. The third-order valence-corrected chi connectivity index (χ3v) is 4.31. The maximum absolute atomic E-state index is 12.0. The van der Waals surface area contributed by atoms with E-state index in [1.807, 2.05) is 18.2 Å². The van der Waals surface area contributed by atoms with E-state index in [1.165, 1.54) is 0 Å². The van der Waals surface area contributed by atoms with Gasteiger partial charge in [-0.25, -0.2) is 0 Å². The Kier molecular flexibility index (Phi) is 4.07. The molecule has 0 aromatic heterocycles. The predicted molar refractivity (Wildman–Crippen MR) is 74.8 cm³/mol. The molecule has 0 heterocycles. The van der Waals surface area contributed by atoms with Crippen LogP contribution in [0.2, 0.25) is 0 Å². The van der Waals surface area contributed by atoms with Gasteiger partial charge in [0.05, 0.1) is 7.11 Å². The maximum atomic E-state index is 12.0. The first-order valence-corrected chi connectivity index (χ1v) is 6.95. The highest BCUT2D eigenvalue weighted by Gasteiger charge is 2.34. The van der Waals surface area contributed by atoms with Gasteiger partial charge in [0.15, 0.2) is 0 Å². The monoisotopic (exact) mass is 311 g/mol. The molecule has 1 aliphatic carbocycles. The second-order valence-electron chi connectivity index (χ2n) is 5.07. The van der Waals surface area contributed by atoms with Crippen molar-refractivity contribution in [2.75, 3.05) is 7.11 Å². The number of hydrogen-bond donors (Lipinski definition) is 1. The Morgan fingerprint density at radius 1 is 1.50 bits per heavy atom. The molecule has 0 amide bonds. The third kappa shape index (κ3) is 3.12. The van der Waals surface area contributed by atoms with Crippen LogP contribution < -0.4 is 10.5 Å². The molecule has 0 bridgehead atoms. The Hall–Kier alpha value is -0.870. The molecule has 0 atom stereocenters. The van der Waals surface area contributed by atoms with E-state index in [9.17, 15) is 4.79 Å². The van der Waals surface area contributed by atoms with Crippen molar-refractivity contribution in [2.24, 2.45) is 5.73 Å². The SMILES string of the molecule is COc1ccc(Br)c(CC(=O)CC2(N)CCC2)c1. The van der Waals surface area contributed by atoms with Crippen LogP contribution in [0.1, 0.15) is 31.2 Å². The van der Waals surface area contributed by atoms with Gasteiger partial charge in [-0.15, -0.1) is 0 Å². The van der Waals surface area contributed by atoms with Gasteiger partial charge >= 0.3 is 0 Å². The van der Waals surface area contributed by atoms with E-state index in [4.69, 9.17) is 10.5 Å². The van der Waals surface area contributed by atoms with Gasteiger partial charge in [-0.05, 0) is 43.0 Å². The van der Waals surface area contributed by atoms with E-state index in [0.29, 0.717) is 12.8 Å². The van der Waals surface area contributed by atoms with Crippen LogP contribution in [0.3, 0.4) is 0 Å². The fourth-order valence-electron chi connectivity index (χ4n) is 2.29. The van der Waals surface area contributed by atoms with Gasteiger partial charge < -0.3 is 10.5 Å². The zero-order chi connectivity index (χ0) is 13.2. The quantitative estimate of drug-likeness (QED) is 0.909. The smallest absolute Gasteiger partial charge is 0.139 e. The number of nitrogens with two attached hydrogens (primary N) is 1. The molecule has 1 saturated carbocycles. The number of methoxy groups -OCH3 is 1. The van der Waals surface area contributed by atoms with Gasteiger partial charge in [0, 0.05) is 22.9 Å². The molecule has 18 heavy (non-hydrogen) atoms. The fourth-order valence-corrected chi connectivity index (χ4v) is 2.68. The van der Waals surface area contributed by atoms with Crippen LogP contribution in [-0.4, -0.2) is 18.4 Å². The van der Waals surface area contributed by atoms with Crippen LogP contribution in [0.15, 0.2) is 22.7 Å². The topological polar surface area (TPSA) is 52.3 Å². The number of Topliss-reactive ketones (excluding diaryl/α,β-unsaturated/α-hetero) is 1. The summed E-state index contributed by atoms with van der Waals surface area (Å²) in [6.07, 6.45) is 3.98. The Morgan fingerprint density at radius 2 is 2.22 bits per heavy atom. The molecule has 0 saturated heterocycles. The number of halogens is 1. The van der Waals surface area contributed by atoms with E-state index in [2.05, 4.69) is 15.9 Å². The summed E-state index contributed by atoms with van der Waals surface area (Å²) in [4.78, 5) is 12.0. The molecule has 3 nitrogen and oxygen atoms in total. The van der Waals surface area contributed by atoms with Crippen LogP contribution in [0.4, 0.5) is 0 Å². The lowest BCUT2D eigenvalue weighted by molar-refractivity contribution is -0.120. The lowest BCUT2D eigenvalue weighted by Crippen LogP contribution is -2.48. The zero-order valence-corrected chi connectivity index (χ0v) is 12.1. The minimum absolute atomic E-state index is 0.200. The summed E-state index contributed by atoms with van der Waals surface area (Å²) in [5, 5.41) is 0.